The van der Waals surface area contributed by atoms with Gasteiger partial charge in [0.2, 0.25) is 5.91 Å². The fourth-order valence-corrected chi connectivity index (χ4v) is 3.48. The highest BCUT2D eigenvalue weighted by atomic mass is 19.1. The number of hydrogen-bond acceptors (Lipinski definition) is 2. The summed E-state index contributed by atoms with van der Waals surface area (Å²) in [5.74, 6) is -0.490. The van der Waals surface area contributed by atoms with E-state index in [1.807, 2.05) is 6.92 Å². The van der Waals surface area contributed by atoms with Crippen molar-refractivity contribution >= 4 is 17.6 Å². The molecule has 1 aliphatic rings. The third-order valence-corrected chi connectivity index (χ3v) is 5.13. The predicted octanol–water partition coefficient (Wildman–Crippen LogP) is 1.32. The maximum atomic E-state index is 13.4. The van der Waals surface area contributed by atoms with Gasteiger partial charge in [0.25, 0.3) is 0 Å². The first-order valence-corrected chi connectivity index (χ1v) is 9.89. The summed E-state index contributed by atoms with van der Waals surface area (Å²) in [6, 6.07) is 5.51. The van der Waals surface area contributed by atoms with Crippen LogP contribution in [0.4, 0.5) is 14.9 Å². The quantitative estimate of drug-likeness (QED) is 0.606. The lowest BCUT2D eigenvalue weighted by Crippen LogP contribution is -3.11. The Morgan fingerprint density at radius 1 is 1.37 bits per heavy atom. The van der Waals surface area contributed by atoms with Gasteiger partial charge in [-0.25, -0.2) is 9.18 Å². The van der Waals surface area contributed by atoms with Crippen molar-refractivity contribution in [3.8, 4) is 0 Å². The van der Waals surface area contributed by atoms with Gasteiger partial charge in [0.05, 0.1) is 25.7 Å². The zero-order valence-corrected chi connectivity index (χ0v) is 16.6. The van der Waals surface area contributed by atoms with Crippen LogP contribution in [0.2, 0.25) is 0 Å². The van der Waals surface area contributed by atoms with E-state index in [9.17, 15) is 14.0 Å². The number of halogens is 1. The summed E-state index contributed by atoms with van der Waals surface area (Å²) in [7, 11) is 0. The standard InChI is InChI=1S/C20H31FN4O2/c1-4-24(5-2)11-7-8-15(3)22-20(27)23-17-13-19(26)25(14-17)18-10-6-9-16(21)12-18/h6,9-10,12,15,17H,4-5,7-8,11,13-14H2,1-3H3,(H2,22,23,27)/p+1/t15-,17-/m0/s1. The lowest BCUT2D eigenvalue weighted by molar-refractivity contribution is -0.896. The molecule has 1 heterocycles. The number of benzene rings is 1. The van der Waals surface area contributed by atoms with E-state index in [0.29, 0.717) is 12.2 Å². The number of carbonyl (C=O) groups is 2. The molecule has 0 spiro atoms. The minimum absolute atomic E-state index is 0.0800. The second-order valence-electron chi connectivity index (χ2n) is 7.25. The average molecular weight is 380 g/mol. The molecule has 0 radical (unpaired) electrons. The highest BCUT2D eigenvalue weighted by Crippen LogP contribution is 2.22. The first-order chi connectivity index (χ1) is 12.9. The molecule has 0 saturated carbocycles. The second kappa shape index (κ2) is 10.3. The number of quaternary nitrogens is 1. The Hall–Kier alpha value is -2.15. The number of amides is 3. The van der Waals surface area contributed by atoms with Gasteiger partial charge in [-0.1, -0.05) is 6.07 Å². The zero-order valence-electron chi connectivity index (χ0n) is 16.6. The normalized spacial score (nSPS) is 18.0. The van der Waals surface area contributed by atoms with Crippen LogP contribution in [-0.2, 0) is 4.79 Å². The maximum Gasteiger partial charge on any atom is 0.315 e. The third-order valence-electron chi connectivity index (χ3n) is 5.13. The van der Waals surface area contributed by atoms with Gasteiger partial charge < -0.3 is 20.4 Å². The fourth-order valence-electron chi connectivity index (χ4n) is 3.48. The van der Waals surface area contributed by atoms with Gasteiger partial charge in [0, 0.05) is 24.7 Å². The molecule has 1 aromatic carbocycles. The molecule has 2 rings (SSSR count). The Balaban J connectivity index is 1.75. The van der Waals surface area contributed by atoms with Crippen LogP contribution in [0.3, 0.4) is 0 Å². The van der Waals surface area contributed by atoms with E-state index in [1.165, 1.54) is 17.0 Å². The number of rotatable bonds is 9. The van der Waals surface area contributed by atoms with E-state index in [4.69, 9.17) is 0 Å². The van der Waals surface area contributed by atoms with Crippen LogP contribution in [0.25, 0.3) is 0 Å². The molecule has 7 heteroatoms. The molecule has 0 aromatic heterocycles. The summed E-state index contributed by atoms with van der Waals surface area (Å²) in [6.45, 7) is 10.1. The molecule has 2 atom stereocenters. The molecule has 0 bridgehead atoms. The zero-order chi connectivity index (χ0) is 19.8. The Labute approximate surface area is 161 Å². The van der Waals surface area contributed by atoms with Gasteiger partial charge in [-0.3, -0.25) is 4.79 Å². The number of carbonyl (C=O) groups excluding carboxylic acids is 2. The van der Waals surface area contributed by atoms with Crippen LogP contribution >= 0.6 is 0 Å². The Bertz CT molecular complexity index is 636. The molecule has 1 aliphatic heterocycles. The fraction of sp³-hybridized carbons (Fsp3) is 0.600. The number of nitrogens with zero attached hydrogens (tertiary/aromatic N) is 1. The molecule has 0 aliphatic carbocycles. The molecule has 6 nitrogen and oxygen atoms in total. The number of hydrogen-bond donors (Lipinski definition) is 3. The van der Waals surface area contributed by atoms with Crippen molar-refractivity contribution in [2.24, 2.45) is 0 Å². The van der Waals surface area contributed by atoms with Crippen molar-refractivity contribution in [2.45, 2.75) is 52.1 Å². The molecule has 0 unspecified atom stereocenters. The average Bonchev–Trinajstić information content (AvgIpc) is 2.98. The minimum atomic E-state index is -0.380. The summed E-state index contributed by atoms with van der Waals surface area (Å²) in [6.07, 6.45) is 2.22. The minimum Gasteiger partial charge on any atom is -0.336 e. The maximum absolute atomic E-state index is 13.4. The number of anilines is 1. The van der Waals surface area contributed by atoms with Crippen molar-refractivity contribution in [3.05, 3.63) is 30.1 Å². The van der Waals surface area contributed by atoms with Gasteiger partial charge in [0.1, 0.15) is 5.82 Å². The van der Waals surface area contributed by atoms with Crippen molar-refractivity contribution in [1.29, 1.82) is 0 Å². The summed E-state index contributed by atoms with van der Waals surface area (Å²) in [4.78, 5) is 27.5. The largest absolute Gasteiger partial charge is 0.336 e. The second-order valence-corrected chi connectivity index (χ2v) is 7.25. The van der Waals surface area contributed by atoms with Gasteiger partial charge in [-0.15, -0.1) is 0 Å². The monoisotopic (exact) mass is 379 g/mol. The molecule has 27 heavy (non-hydrogen) atoms. The van der Waals surface area contributed by atoms with Crippen LogP contribution < -0.4 is 20.4 Å². The smallest absolute Gasteiger partial charge is 0.315 e. The van der Waals surface area contributed by atoms with E-state index in [1.54, 1.807) is 17.0 Å². The van der Waals surface area contributed by atoms with Crippen molar-refractivity contribution in [3.63, 3.8) is 0 Å². The molecular formula is C20H32FN4O2+. The first kappa shape index (κ1) is 21.2. The van der Waals surface area contributed by atoms with Crippen molar-refractivity contribution in [1.82, 2.24) is 10.6 Å². The van der Waals surface area contributed by atoms with Gasteiger partial charge in [-0.05, 0) is 51.8 Å². The lowest BCUT2D eigenvalue weighted by atomic mass is 10.2. The molecule has 3 N–H and O–H groups in total. The molecule has 1 fully saturated rings. The van der Waals surface area contributed by atoms with Crippen molar-refractivity contribution in [2.75, 3.05) is 31.1 Å². The SMILES string of the molecule is CC[NH+](CC)CCC[C@H](C)NC(=O)N[C@H]1CC(=O)N(c2cccc(F)c2)C1. The van der Waals surface area contributed by atoms with E-state index >= 15 is 0 Å². The Morgan fingerprint density at radius 2 is 2.11 bits per heavy atom. The molecular weight excluding hydrogens is 347 g/mol. The van der Waals surface area contributed by atoms with E-state index in [0.717, 1.165) is 32.5 Å². The Kier molecular flexibility index (Phi) is 8.03. The van der Waals surface area contributed by atoms with Gasteiger partial charge >= 0.3 is 6.03 Å². The van der Waals surface area contributed by atoms with E-state index < -0.39 is 0 Å². The van der Waals surface area contributed by atoms with Crippen LogP contribution in [0, 0.1) is 5.82 Å². The first-order valence-electron chi connectivity index (χ1n) is 9.89. The van der Waals surface area contributed by atoms with E-state index in [2.05, 4.69) is 24.5 Å². The van der Waals surface area contributed by atoms with Gasteiger partial charge in [0.15, 0.2) is 0 Å². The van der Waals surface area contributed by atoms with Crippen LogP contribution in [0.15, 0.2) is 24.3 Å². The predicted molar refractivity (Wildman–Crippen MR) is 104 cm³/mol. The molecule has 1 aromatic rings. The van der Waals surface area contributed by atoms with Gasteiger partial charge in [-0.2, -0.15) is 0 Å². The Morgan fingerprint density at radius 3 is 2.78 bits per heavy atom. The number of urea groups is 1. The summed E-state index contributed by atoms with van der Waals surface area (Å²) < 4.78 is 13.4. The highest BCUT2D eigenvalue weighted by Gasteiger charge is 2.31. The molecule has 1 saturated heterocycles. The van der Waals surface area contributed by atoms with Crippen LogP contribution in [-0.4, -0.2) is 50.2 Å². The highest BCUT2D eigenvalue weighted by molar-refractivity contribution is 5.96. The summed E-state index contributed by atoms with van der Waals surface area (Å²) in [5, 5.41) is 5.81. The molecule has 3 amide bonds. The van der Waals surface area contributed by atoms with Crippen molar-refractivity contribution < 1.29 is 18.9 Å². The van der Waals surface area contributed by atoms with Crippen LogP contribution in [0.5, 0.6) is 0 Å². The number of nitrogens with one attached hydrogen (secondary N) is 3. The lowest BCUT2D eigenvalue weighted by Gasteiger charge is -2.20. The topological polar surface area (TPSA) is 65.9 Å². The van der Waals surface area contributed by atoms with Crippen LogP contribution in [0.1, 0.15) is 40.0 Å². The summed E-state index contributed by atoms with van der Waals surface area (Å²) in [5.41, 5.74) is 0.525. The van der Waals surface area contributed by atoms with E-state index in [-0.39, 0.29) is 36.3 Å². The third kappa shape index (κ3) is 6.50. The molecule has 150 valence electrons. The summed E-state index contributed by atoms with van der Waals surface area (Å²) >= 11 is 0.